The molecule has 0 spiro atoms. The molecule has 2 aromatic rings. The molecule has 0 aliphatic heterocycles. The maximum Gasteiger partial charge on any atom is 0.225 e. The average molecular weight is 285 g/mol. The highest BCUT2D eigenvalue weighted by Gasteiger charge is 2.10. The third-order valence-corrected chi connectivity index (χ3v) is 2.98. The van der Waals surface area contributed by atoms with Crippen LogP contribution in [0.1, 0.15) is 32.0 Å². The van der Waals surface area contributed by atoms with Gasteiger partial charge in [0, 0.05) is 43.3 Å². The average Bonchev–Trinajstić information content (AvgIpc) is 2.46. The summed E-state index contributed by atoms with van der Waals surface area (Å²) in [5.41, 5.74) is 2.18. The summed E-state index contributed by atoms with van der Waals surface area (Å²) in [7, 11) is 1.97. The molecule has 0 fully saturated rings. The normalized spacial score (nSPS) is 11.4. The lowest BCUT2D eigenvalue weighted by Crippen LogP contribution is -2.35. The lowest BCUT2D eigenvalue weighted by Gasteiger charge is -2.21. The summed E-state index contributed by atoms with van der Waals surface area (Å²) in [6, 6.07) is 5.90. The number of rotatable bonds is 5. The summed E-state index contributed by atoms with van der Waals surface area (Å²) in [5.74, 6) is 0.708. The van der Waals surface area contributed by atoms with Gasteiger partial charge in [-0.1, -0.05) is 6.07 Å². The fourth-order valence-corrected chi connectivity index (χ4v) is 1.81. The van der Waals surface area contributed by atoms with Crippen molar-refractivity contribution in [1.82, 2.24) is 20.3 Å². The Morgan fingerprint density at radius 3 is 2.38 bits per heavy atom. The van der Waals surface area contributed by atoms with Gasteiger partial charge in [0.15, 0.2) is 0 Å². The zero-order valence-electron chi connectivity index (χ0n) is 13.2. The molecule has 0 atom stereocenters. The van der Waals surface area contributed by atoms with E-state index in [1.807, 2.05) is 42.5 Å². The maximum absolute atomic E-state index is 4.42. The molecule has 2 aromatic heterocycles. The standard InChI is InChI=1S/C16H23N5/c1-16(2,3)20-11-13-9-18-15(19-10-13)21(4)12-14-7-5-6-8-17-14/h5-10,20H,11-12H2,1-4H3. The number of anilines is 1. The van der Waals surface area contributed by atoms with Gasteiger partial charge in [-0.25, -0.2) is 9.97 Å². The summed E-state index contributed by atoms with van der Waals surface area (Å²) >= 11 is 0. The predicted octanol–water partition coefficient (Wildman–Crippen LogP) is 2.40. The van der Waals surface area contributed by atoms with Crippen LogP contribution in [0.4, 0.5) is 5.95 Å². The molecule has 21 heavy (non-hydrogen) atoms. The third kappa shape index (κ3) is 5.11. The molecular formula is C16H23N5. The molecule has 0 aliphatic carbocycles. The monoisotopic (exact) mass is 285 g/mol. The molecule has 0 unspecified atom stereocenters. The van der Waals surface area contributed by atoms with Crippen molar-refractivity contribution in [1.29, 1.82) is 0 Å². The Hall–Kier alpha value is -2.01. The van der Waals surface area contributed by atoms with Crippen molar-refractivity contribution in [3.8, 4) is 0 Å². The Bertz CT molecular complexity index is 545. The summed E-state index contributed by atoms with van der Waals surface area (Å²) in [4.78, 5) is 15.1. The van der Waals surface area contributed by atoms with Gasteiger partial charge >= 0.3 is 0 Å². The van der Waals surface area contributed by atoms with Crippen LogP contribution in [0.2, 0.25) is 0 Å². The van der Waals surface area contributed by atoms with Gasteiger partial charge in [-0.15, -0.1) is 0 Å². The van der Waals surface area contributed by atoms with Crippen LogP contribution in [0.3, 0.4) is 0 Å². The SMILES string of the molecule is CN(Cc1ccccn1)c1ncc(CNC(C)(C)C)cn1. The van der Waals surface area contributed by atoms with Crippen LogP contribution in [-0.4, -0.2) is 27.5 Å². The fourth-order valence-electron chi connectivity index (χ4n) is 1.81. The van der Waals surface area contributed by atoms with Gasteiger partial charge in [0.1, 0.15) is 0 Å². The molecule has 1 N–H and O–H groups in total. The molecule has 0 saturated heterocycles. The highest BCUT2D eigenvalue weighted by molar-refractivity contribution is 5.29. The number of aromatic nitrogens is 3. The van der Waals surface area contributed by atoms with Crippen LogP contribution in [-0.2, 0) is 13.1 Å². The van der Waals surface area contributed by atoms with Crippen LogP contribution >= 0.6 is 0 Å². The first-order valence-electron chi connectivity index (χ1n) is 7.11. The molecule has 0 radical (unpaired) electrons. The van der Waals surface area contributed by atoms with Crippen molar-refractivity contribution in [2.75, 3.05) is 11.9 Å². The Labute approximate surface area is 126 Å². The number of hydrogen-bond acceptors (Lipinski definition) is 5. The minimum absolute atomic E-state index is 0.0917. The Morgan fingerprint density at radius 2 is 1.81 bits per heavy atom. The second-order valence-electron chi connectivity index (χ2n) is 6.17. The molecule has 0 bridgehead atoms. The minimum atomic E-state index is 0.0917. The first kappa shape index (κ1) is 15.4. The van der Waals surface area contributed by atoms with E-state index < -0.39 is 0 Å². The molecule has 0 saturated carbocycles. The van der Waals surface area contributed by atoms with Crippen molar-refractivity contribution < 1.29 is 0 Å². The van der Waals surface area contributed by atoms with Crippen LogP contribution in [0, 0.1) is 0 Å². The molecule has 5 nitrogen and oxygen atoms in total. The van der Waals surface area contributed by atoms with Gasteiger partial charge in [0.25, 0.3) is 0 Å². The Balaban J connectivity index is 1.95. The molecular weight excluding hydrogens is 262 g/mol. The van der Waals surface area contributed by atoms with Crippen LogP contribution < -0.4 is 10.2 Å². The van der Waals surface area contributed by atoms with Crippen molar-refractivity contribution >= 4 is 5.95 Å². The molecule has 0 aromatic carbocycles. The highest BCUT2D eigenvalue weighted by atomic mass is 15.2. The van der Waals surface area contributed by atoms with E-state index in [0.717, 1.165) is 17.8 Å². The molecule has 2 rings (SSSR count). The van der Waals surface area contributed by atoms with Crippen LogP contribution in [0.25, 0.3) is 0 Å². The zero-order valence-corrected chi connectivity index (χ0v) is 13.2. The first-order chi connectivity index (χ1) is 9.94. The van der Waals surface area contributed by atoms with E-state index in [9.17, 15) is 0 Å². The van der Waals surface area contributed by atoms with Crippen LogP contribution in [0.15, 0.2) is 36.8 Å². The van der Waals surface area contributed by atoms with Gasteiger partial charge < -0.3 is 10.2 Å². The van der Waals surface area contributed by atoms with Crippen molar-refractivity contribution in [3.63, 3.8) is 0 Å². The lowest BCUT2D eigenvalue weighted by molar-refractivity contribution is 0.423. The van der Waals surface area contributed by atoms with Gasteiger partial charge in [-0.3, -0.25) is 4.98 Å². The second-order valence-corrected chi connectivity index (χ2v) is 6.17. The molecule has 5 heteroatoms. The Morgan fingerprint density at radius 1 is 1.10 bits per heavy atom. The van der Waals surface area contributed by atoms with E-state index in [0.29, 0.717) is 12.5 Å². The fraction of sp³-hybridized carbons (Fsp3) is 0.438. The number of nitrogens with zero attached hydrogens (tertiary/aromatic N) is 4. The van der Waals surface area contributed by atoms with Gasteiger partial charge in [0.2, 0.25) is 5.95 Å². The largest absolute Gasteiger partial charge is 0.338 e. The van der Waals surface area contributed by atoms with Gasteiger partial charge in [-0.2, -0.15) is 0 Å². The second kappa shape index (κ2) is 6.63. The Kier molecular flexibility index (Phi) is 4.85. The molecule has 0 aliphatic rings. The van der Waals surface area contributed by atoms with Gasteiger partial charge in [-0.05, 0) is 32.9 Å². The van der Waals surface area contributed by atoms with E-state index in [-0.39, 0.29) is 5.54 Å². The quantitative estimate of drug-likeness (QED) is 0.914. The predicted molar refractivity (Wildman–Crippen MR) is 85.0 cm³/mol. The zero-order chi connectivity index (χ0) is 15.3. The van der Waals surface area contributed by atoms with Crippen LogP contribution in [0.5, 0.6) is 0 Å². The number of hydrogen-bond donors (Lipinski definition) is 1. The summed E-state index contributed by atoms with van der Waals surface area (Å²) < 4.78 is 0. The molecule has 112 valence electrons. The first-order valence-corrected chi connectivity index (χ1v) is 7.11. The number of nitrogens with one attached hydrogen (secondary N) is 1. The molecule has 2 heterocycles. The maximum atomic E-state index is 4.42. The summed E-state index contributed by atoms with van der Waals surface area (Å²) in [6.45, 7) is 7.89. The van der Waals surface area contributed by atoms with E-state index in [4.69, 9.17) is 0 Å². The lowest BCUT2D eigenvalue weighted by atomic mass is 10.1. The third-order valence-electron chi connectivity index (χ3n) is 2.98. The minimum Gasteiger partial charge on any atom is -0.338 e. The molecule has 0 amide bonds. The van der Waals surface area contributed by atoms with E-state index in [1.165, 1.54) is 0 Å². The summed E-state index contributed by atoms with van der Waals surface area (Å²) in [5, 5.41) is 3.42. The van der Waals surface area contributed by atoms with E-state index in [1.54, 1.807) is 6.20 Å². The van der Waals surface area contributed by atoms with Crippen molar-refractivity contribution in [3.05, 3.63) is 48.0 Å². The van der Waals surface area contributed by atoms with E-state index >= 15 is 0 Å². The number of pyridine rings is 1. The smallest absolute Gasteiger partial charge is 0.225 e. The van der Waals surface area contributed by atoms with Crippen molar-refractivity contribution in [2.24, 2.45) is 0 Å². The highest BCUT2D eigenvalue weighted by Crippen LogP contribution is 2.09. The van der Waals surface area contributed by atoms with Crippen molar-refractivity contribution in [2.45, 2.75) is 39.4 Å². The van der Waals surface area contributed by atoms with Gasteiger partial charge in [0.05, 0.1) is 12.2 Å². The summed E-state index contributed by atoms with van der Waals surface area (Å²) in [6.07, 6.45) is 5.54. The van der Waals surface area contributed by atoms with E-state index in [2.05, 4.69) is 41.0 Å². The topological polar surface area (TPSA) is 53.9 Å².